The summed E-state index contributed by atoms with van der Waals surface area (Å²) in [6, 6.07) is 1.94. The maximum atomic E-state index is 11.4. The smallest absolute Gasteiger partial charge is 0.243 e. The predicted molar refractivity (Wildman–Crippen MR) is 90.5 cm³/mol. The number of nitrogens with one attached hydrogen (secondary N) is 1. The van der Waals surface area contributed by atoms with Crippen molar-refractivity contribution in [2.45, 2.75) is 25.7 Å². The summed E-state index contributed by atoms with van der Waals surface area (Å²) in [5.74, 6) is -0.119. The van der Waals surface area contributed by atoms with Gasteiger partial charge in [-0.15, -0.1) is 0 Å². The average Bonchev–Trinajstić information content (AvgIpc) is 3.32. The van der Waals surface area contributed by atoms with E-state index in [9.17, 15) is 4.79 Å². The van der Waals surface area contributed by atoms with Crippen LogP contribution in [0.15, 0.2) is 37.1 Å². The second kappa shape index (κ2) is 5.92. The lowest BCUT2D eigenvalue weighted by Gasteiger charge is -2.14. The van der Waals surface area contributed by atoms with Gasteiger partial charge in [0.15, 0.2) is 0 Å². The molecule has 3 aromatic heterocycles. The molecule has 0 bridgehead atoms. The Hall–Kier alpha value is -2.96. The Morgan fingerprint density at radius 1 is 1.33 bits per heavy atom. The summed E-state index contributed by atoms with van der Waals surface area (Å²) in [7, 11) is 0. The largest absolute Gasteiger partial charge is 0.366 e. The van der Waals surface area contributed by atoms with Crippen molar-refractivity contribution >= 4 is 22.6 Å². The van der Waals surface area contributed by atoms with Crippen molar-refractivity contribution in [1.82, 2.24) is 24.7 Å². The maximum absolute atomic E-state index is 11.4. The number of rotatable bonds is 4. The summed E-state index contributed by atoms with van der Waals surface area (Å²) in [5.41, 5.74) is 8.75. The van der Waals surface area contributed by atoms with Gasteiger partial charge in [-0.3, -0.25) is 4.79 Å². The lowest BCUT2D eigenvalue weighted by atomic mass is 10.0. The first kappa shape index (κ1) is 14.6. The first-order valence-corrected chi connectivity index (χ1v) is 8.07. The van der Waals surface area contributed by atoms with Crippen molar-refractivity contribution in [3.8, 4) is 11.3 Å². The standard InChI is InChI=1S/C17H18N6O/c18-15(24)7-14(11-3-1-2-4-11)23-9-12(8-22-23)16-13-5-6-19-17(13)21-10-20-16/h5-11H,1-4H2,(H2,18,24)(H,19,20,21)/b14-7-. The Bertz CT molecular complexity index is 916. The molecule has 3 N–H and O–H groups in total. The SMILES string of the molecule is NC(=O)/C=C(/C1CCCC1)n1cc(-c2ncnc3[nH]ccc23)cn1. The molecule has 1 aliphatic carbocycles. The summed E-state index contributed by atoms with van der Waals surface area (Å²) < 4.78 is 1.76. The third-order valence-corrected chi connectivity index (χ3v) is 4.54. The fourth-order valence-corrected chi connectivity index (χ4v) is 3.43. The molecule has 7 nitrogen and oxygen atoms in total. The third kappa shape index (κ3) is 2.58. The summed E-state index contributed by atoms with van der Waals surface area (Å²) in [4.78, 5) is 23.1. The first-order valence-electron chi connectivity index (χ1n) is 8.07. The molecule has 0 radical (unpaired) electrons. The molecule has 24 heavy (non-hydrogen) atoms. The Labute approximate surface area is 138 Å². The van der Waals surface area contributed by atoms with E-state index in [0.29, 0.717) is 5.92 Å². The lowest BCUT2D eigenvalue weighted by molar-refractivity contribution is -0.113. The van der Waals surface area contributed by atoms with E-state index in [0.717, 1.165) is 40.8 Å². The Morgan fingerprint density at radius 2 is 2.17 bits per heavy atom. The topological polar surface area (TPSA) is 102 Å². The van der Waals surface area contributed by atoms with Gasteiger partial charge < -0.3 is 10.7 Å². The van der Waals surface area contributed by atoms with Gasteiger partial charge in [0, 0.05) is 35.3 Å². The number of aromatic amines is 1. The number of hydrogen-bond acceptors (Lipinski definition) is 4. The van der Waals surface area contributed by atoms with Crippen molar-refractivity contribution < 1.29 is 4.79 Å². The molecule has 1 aliphatic rings. The van der Waals surface area contributed by atoms with Crippen LogP contribution in [0, 0.1) is 5.92 Å². The van der Waals surface area contributed by atoms with E-state index >= 15 is 0 Å². The molecule has 0 aromatic carbocycles. The van der Waals surface area contributed by atoms with Crippen LogP contribution in [0.1, 0.15) is 25.7 Å². The van der Waals surface area contributed by atoms with Gasteiger partial charge in [-0.2, -0.15) is 5.10 Å². The Kier molecular flexibility index (Phi) is 3.60. The van der Waals surface area contributed by atoms with Gasteiger partial charge >= 0.3 is 0 Å². The third-order valence-electron chi connectivity index (χ3n) is 4.54. The van der Waals surface area contributed by atoms with Crippen LogP contribution in [-0.4, -0.2) is 30.6 Å². The minimum absolute atomic E-state index is 0.322. The van der Waals surface area contributed by atoms with Crippen molar-refractivity contribution in [3.63, 3.8) is 0 Å². The highest BCUT2D eigenvalue weighted by Crippen LogP contribution is 2.34. The number of allylic oxidation sites excluding steroid dienone is 1. The minimum atomic E-state index is -0.441. The van der Waals surface area contributed by atoms with Crippen LogP contribution in [0.2, 0.25) is 0 Å². The fraction of sp³-hybridized carbons (Fsp3) is 0.294. The van der Waals surface area contributed by atoms with Gasteiger partial charge in [-0.1, -0.05) is 12.8 Å². The summed E-state index contributed by atoms with van der Waals surface area (Å²) >= 11 is 0. The van der Waals surface area contributed by atoms with E-state index in [4.69, 9.17) is 5.73 Å². The number of aromatic nitrogens is 5. The number of H-pyrrole nitrogens is 1. The molecular formula is C17H18N6O. The van der Waals surface area contributed by atoms with Crippen LogP contribution in [0.25, 0.3) is 28.0 Å². The van der Waals surface area contributed by atoms with Crippen LogP contribution in [0.3, 0.4) is 0 Å². The molecule has 0 aliphatic heterocycles. The van der Waals surface area contributed by atoms with Gasteiger partial charge in [0.2, 0.25) is 5.91 Å². The molecule has 122 valence electrons. The van der Waals surface area contributed by atoms with Crippen LogP contribution in [-0.2, 0) is 4.79 Å². The second-order valence-electron chi connectivity index (χ2n) is 6.09. The number of nitrogens with zero attached hydrogens (tertiary/aromatic N) is 4. The number of nitrogens with two attached hydrogens (primary N) is 1. The molecule has 3 heterocycles. The van der Waals surface area contributed by atoms with E-state index in [1.54, 1.807) is 10.9 Å². The lowest BCUT2D eigenvalue weighted by Crippen LogP contribution is -2.13. The fourth-order valence-electron chi connectivity index (χ4n) is 3.43. The number of carbonyl (C=O) groups excluding carboxylic acids is 1. The first-order chi connectivity index (χ1) is 11.7. The van der Waals surface area contributed by atoms with Crippen molar-refractivity contribution in [2.75, 3.05) is 0 Å². The Balaban J connectivity index is 1.75. The number of hydrogen-bond donors (Lipinski definition) is 2. The van der Waals surface area contributed by atoms with E-state index in [1.807, 2.05) is 18.5 Å². The zero-order valence-corrected chi connectivity index (χ0v) is 13.1. The zero-order valence-electron chi connectivity index (χ0n) is 13.1. The summed E-state index contributed by atoms with van der Waals surface area (Å²) in [6.45, 7) is 0. The van der Waals surface area contributed by atoms with E-state index in [-0.39, 0.29) is 0 Å². The quantitative estimate of drug-likeness (QED) is 0.720. The number of amides is 1. The van der Waals surface area contributed by atoms with Crippen LogP contribution >= 0.6 is 0 Å². The summed E-state index contributed by atoms with van der Waals surface area (Å²) in [6.07, 6.45) is 13.0. The van der Waals surface area contributed by atoms with E-state index in [1.165, 1.54) is 25.2 Å². The van der Waals surface area contributed by atoms with Crippen molar-refractivity contribution in [1.29, 1.82) is 0 Å². The molecule has 0 unspecified atom stereocenters. The number of carbonyl (C=O) groups is 1. The van der Waals surface area contributed by atoms with Gasteiger partial charge in [0.05, 0.1) is 17.6 Å². The van der Waals surface area contributed by atoms with Crippen LogP contribution < -0.4 is 5.73 Å². The van der Waals surface area contributed by atoms with Gasteiger partial charge in [0.25, 0.3) is 0 Å². The predicted octanol–water partition coefficient (Wildman–Crippen LogP) is 2.34. The molecule has 1 saturated carbocycles. The molecule has 0 saturated heterocycles. The number of primary amides is 1. The number of fused-ring (bicyclic) bond motifs is 1. The van der Waals surface area contributed by atoms with Crippen LogP contribution in [0.4, 0.5) is 0 Å². The Morgan fingerprint density at radius 3 is 2.96 bits per heavy atom. The maximum Gasteiger partial charge on any atom is 0.243 e. The molecule has 4 rings (SSSR count). The highest BCUT2D eigenvalue weighted by atomic mass is 16.1. The molecule has 0 spiro atoms. The van der Waals surface area contributed by atoms with Crippen molar-refractivity contribution in [3.05, 3.63) is 37.1 Å². The average molecular weight is 322 g/mol. The van der Waals surface area contributed by atoms with Crippen LogP contribution in [0.5, 0.6) is 0 Å². The van der Waals surface area contributed by atoms with E-state index < -0.39 is 5.91 Å². The molecule has 7 heteroatoms. The highest BCUT2D eigenvalue weighted by Gasteiger charge is 2.22. The molecule has 3 aromatic rings. The summed E-state index contributed by atoms with van der Waals surface area (Å²) in [5, 5.41) is 5.39. The molecule has 0 atom stereocenters. The van der Waals surface area contributed by atoms with E-state index in [2.05, 4.69) is 20.1 Å². The van der Waals surface area contributed by atoms with Gasteiger partial charge in [0.1, 0.15) is 12.0 Å². The van der Waals surface area contributed by atoms with Gasteiger partial charge in [-0.05, 0) is 18.9 Å². The van der Waals surface area contributed by atoms with Gasteiger partial charge in [-0.25, -0.2) is 14.6 Å². The second-order valence-corrected chi connectivity index (χ2v) is 6.09. The molecule has 1 fully saturated rings. The van der Waals surface area contributed by atoms with Crippen molar-refractivity contribution in [2.24, 2.45) is 11.7 Å². The zero-order chi connectivity index (χ0) is 16.5. The molecular weight excluding hydrogens is 304 g/mol. The monoisotopic (exact) mass is 322 g/mol. The normalized spacial score (nSPS) is 16.1. The minimum Gasteiger partial charge on any atom is -0.366 e. The molecule has 1 amide bonds. The highest BCUT2D eigenvalue weighted by molar-refractivity contribution is 5.92.